The number of ether oxygens (including phenoxy) is 1. The summed E-state index contributed by atoms with van der Waals surface area (Å²) in [5.74, 6) is -0.167. The predicted octanol–water partition coefficient (Wildman–Crippen LogP) is 2.35. The van der Waals surface area contributed by atoms with E-state index in [0.717, 1.165) is 12.8 Å². The highest BCUT2D eigenvalue weighted by molar-refractivity contribution is 5.70. The molecule has 3 atom stereocenters. The van der Waals surface area contributed by atoms with Crippen molar-refractivity contribution >= 4 is 12.1 Å². The number of likely N-dealkylation sites (tertiary alicyclic amines) is 1. The van der Waals surface area contributed by atoms with Crippen molar-refractivity contribution in [1.29, 1.82) is 0 Å². The zero-order valence-electron chi connectivity index (χ0n) is 11.9. The first-order chi connectivity index (χ1) is 8.76. The van der Waals surface area contributed by atoms with Crippen LogP contribution in [-0.4, -0.2) is 40.8 Å². The van der Waals surface area contributed by atoms with Crippen LogP contribution in [0.4, 0.5) is 4.79 Å². The standard InChI is InChI=1S/C14H23NO4/c1-14(2,3)19-13(18)15-7-10-5-4-9(12(16)17)6-11(10)8-15/h9-11H,4-8H2,1-3H3,(H,16,17)/t9-,10+,11-/m0/s1. The molecule has 1 aliphatic carbocycles. The highest BCUT2D eigenvalue weighted by Gasteiger charge is 2.42. The number of hydrogen-bond donors (Lipinski definition) is 1. The van der Waals surface area contributed by atoms with Crippen LogP contribution in [0.2, 0.25) is 0 Å². The molecule has 108 valence electrons. The van der Waals surface area contributed by atoms with Crippen LogP contribution in [0.5, 0.6) is 0 Å². The molecule has 0 radical (unpaired) electrons. The van der Waals surface area contributed by atoms with E-state index in [9.17, 15) is 9.59 Å². The summed E-state index contributed by atoms with van der Waals surface area (Å²) in [5.41, 5.74) is -0.478. The number of carboxylic acids is 1. The summed E-state index contributed by atoms with van der Waals surface area (Å²) in [6, 6.07) is 0. The number of hydrogen-bond acceptors (Lipinski definition) is 3. The van der Waals surface area contributed by atoms with Crippen molar-refractivity contribution in [2.24, 2.45) is 17.8 Å². The fourth-order valence-electron chi connectivity index (χ4n) is 3.13. The lowest BCUT2D eigenvalue weighted by atomic mass is 9.76. The molecule has 1 aliphatic heterocycles. The van der Waals surface area contributed by atoms with Gasteiger partial charge in [-0.15, -0.1) is 0 Å². The Morgan fingerprint density at radius 2 is 1.79 bits per heavy atom. The molecule has 19 heavy (non-hydrogen) atoms. The van der Waals surface area contributed by atoms with Gasteiger partial charge in [-0.1, -0.05) is 0 Å². The Hall–Kier alpha value is -1.26. The van der Waals surface area contributed by atoms with E-state index in [1.165, 1.54) is 0 Å². The first kappa shape index (κ1) is 14.2. The number of carboxylic acid groups (broad SMARTS) is 1. The van der Waals surface area contributed by atoms with E-state index < -0.39 is 11.6 Å². The quantitative estimate of drug-likeness (QED) is 0.793. The lowest BCUT2D eigenvalue weighted by molar-refractivity contribution is -0.143. The van der Waals surface area contributed by atoms with Crippen LogP contribution in [-0.2, 0) is 9.53 Å². The Balaban J connectivity index is 1.92. The maximum Gasteiger partial charge on any atom is 0.410 e. The monoisotopic (exact) mass is 269 g/mol. The molecule has 2 aliphatic rings. The van der Waals surface area contributed by atoms with E-state index in [2.05, 4.69) is 0 Å². The first-order valence-electron chi connectivity index (χ1n) is 6.97. The Bertz CT molecular complexity index is 374. The van der Waals surface area contributed by atoms with Crippen molar-refractivity contribution in [3.05, 3.63) is 0 Å². The third kappa shape index (κ3) is 3.39. The van der Waals surface area contributed by atoms with E-state index in [-0.39, 0.29) is 12.0 Å². The maximum atomic E-state index is 12.0. The van der Waals surface area contributed by atoms with Gasteiger partial charge in [0.05, 0.1) is 5.92 Å². The largest absolute Gasteiger partial charge is 0.481 e. The molecular formula is C14H23NO4. The molecule has 5 heteroatoms. The summed E-state index contributed by atoms with van der Waals surface area (Å²) >= 11 is 0. The number of rotatable bonds is 1. The first-order valence-corrected chi connectivity index (χ1v) is 6.97. The van der Waals surface area contributed by atoms with E-state index in [1.54, 1.807) is 4.90 Å². The maximum absolute atomic E-state index is 12.0. The third-order valence-corrected chi connectivity index (χ3v) is 4.05. The van der Waals surface area contributed by atoms with Gasteiger partial charge < -0.3 is 14.7 Å². The van der Waals surface area contributed by atoms with Gasteiger partial charge in [0.25, 0.3) is 0 Å². The normalized spacial score (nSPS) is 30.9. The van der Waals surface area contributed by atoms with Crippen LogP contribution in [0.25, 0.3) is 0 Å². The number of amides is 1. The molecule has 1 amide bonds. The molecule has 0 aromatic carbocycles. The Kier molecular flexibility index (Phi) is 3.74. The topological polar surface area (TPSA) is 66.8 Å². The molecule has 2 fully saturated rings. The summed E-state index contributed by atoms with van der Waals surface area (Å²) in [6.45, 7) is 6.92. The van der Waals surface area contributed by atoms with Gasteiger partial charge >= 0.3 is 12.1 Å². The molecule has 5 nitrogen and oxygen atoms in total. The lowest BCUT2D eigenvalue weighted by Gasteiger charge is -2.27. The molecule has 1 saturated carbocycles. The van der Waals surface area contributed by atoms with Crippen LogP contribution in [0.15, 0.2) is 0 Å². The van der Waals surface area contributed by atoms with E-state index >= 15 is 0 Å². The zero-order chi connectivity index (χ0) is 14.2. The van der Waals surface area contributed by atoms with Crippen LogP contribution in [0.1, 0.15) is 40.0 Å². The highest BCUT2D eigenvalue weighted by atomic mass is 16.6. The van der Waals surface area contributed by atoms with Crippen molar-refractivity contribution in [3.8, 4) is 0 Å². The van der Waals surface area contributed by atoms with Crippen LogP contribution in [0, 0.1) is 17.8 Å². The summed E-state index contributed by atoms with van der Waals surface area (Å²) in [6.07, 6.45) is 2.06. The minimum atomic E-state index is -0.700. The van der Waals surface area contributed by atoms with Gasteiger partial charge in [-0.25, -0.2) is 4.79 Å². The molecule has 1 N–H and O–H groups in total. The van der Waals surface area contributed by atoms with Crippen molar-refractivity contribution in [2.75, 3.05) is 13.1 Å². The average molecular weight is 269 g/mol. The van der Waals surface area contributed by atoms with Crippen molar-refractivity contribution in [2.45, 2.75) is 45.6 Å². The summed E-state index contributed by atoms with van der Waals surface area (Å²) in [4.78, 5) is 24.8. The molecule has 0 unspecified atom stereocenters. The minimum absolute atomic E-state index is 0.236. The van der Waals surface area contributed by atoms with Gasteiger partial charge in [-0.3, -0.25) is 4.79 Å². The second kappa shape index (κ2) is 5.02. The van der Waals surface area contributed by atoms with E-state index in [0.29, 0.717) is 31.3 Å². The zero-order valence-corrected chi connectivity index (χ0v) is 11.9. The van der Waals surface area contributed by atoms with Gasteiger partial charge in [-0.05, 0) is 51.9 Å². The second-order valence-corrected chi connectivity index (χ2v) is 6.75. The number of carbonyl (C=O) groups is 2. The smallest absolute Gasteiger partial charge is 0.410 e. The fraction of sp³-hybridized carbons (Fsp3) is 0.857. The Morgan fingerprint density at radius 1 is 1.16 bits per heavy atom. The predicted molar refractivity (Wildman–Crippen MR) is 69.8 cm³/mol. The number of carbonyl (C=O) groups excluding carboxylic acids is 1. The van der Waals surface area contributed by atoms with Gasteiger partial charge in [0.15, 0.2) is 0 Å². The Labute approximate surface area is 113 Å². The lowest BCUT2D eigenvalue weighted by Crippen LogP contribution is -2.35. The summed E-state index contributed by atoms with van der Waals surface area (Å²) in [7, 11) is 0. The second-order valence-electron chi connectivity index (χ2n) is 6.75. The fourth-order valence-corrected chi connectivity index (χ4v) is 3.13. The van der Waals surface area contributed by atoms with Crippen LogP contribution >= 0.6 is 0 Å². The van der Waals surface area contributed by atoms with Crippen LogP contribution < -0.4 is 0 Å². The number of fused-ring (bicyclic) bond motifs is 1. The molecule has 1 saturated heterocycles. The summed E-state index contributed by atoms with van der Waals surface area (Å²) in [5, 5.41) is 9.08. The summed E-state index contributed by atoms with van der Waals surface area (Å²) < 4.78 is 5.37. The molecule has 0 aromatic heterocycles. The van der Waals surface area contributed by atoms with Crippen molar-refractivity contribution < 1.29 is 19.4 Å². The van der Waals surface area contributed by atoms with Crippen LogP contribution in [0.3, 0.4) is 0 Å². The molecule has 1 heterocycles. The highest BCUT2D eigenvalue weighted by Crippen LogP contribution is 2.39. The van der Waals surface area contributed by atoms with E-state index in [1.807, 2.05) is 20.8 Å². The van der Waals surface area contributed by atoms with Crippen molar-refractivity contribution in [3.63, 3.8) is 0 Å². The third-order valence-electron chi connectivity index (χ3n) is 4.05. The SMILES string of the molecule is CC(C)(C)OC(=O)N1C[C@H]2CC[C@H](C(=O)O)C[C@H]2C1. The average Bonchev–Trinajstić information content (AvgIpc) is 2.68. The molecule has 0 spiro atoms. The minimum Gasteiger partial charge on any atom is -0.481 e. The van der Waals surface area contributed by atoms with Gasteiger partial charge in [0, 0.05) is 13.1 Å². The van der Waals surface area contributed by atoms with Gasteiger partial charge in [0.2, 0.25) is 0 Å². The number of aliphatic carboxylic acids is 1. The molecule has 0 bridgehead atoms. The molecule has 0 aromatic rings. The number of nitrogens with zero attached hydrogens (tertiary/aromatic N) is 1. The van der Waals surface area contributed by atoms with E-state index in [4.69, 9.17) is 9.84 Å². The molecule has 2 rings (SSSR count). The van der Waals surface area contributed by atoms with Gasteiger partial charge in [-0.2, -0.15) is 0 Å². The van der Waals surface area contributed by atoms with Crippen molar-refractivity contribution in [1.82, 2.24) is 4.90 Å². The Morgan fingerprint density at radius 3 is 2.37 bits per heavy atom. The molecular weight excluding hydrogens is 246 g/mol. The van der Waals surface area contributed by atoms with Gasteiger partial charge in [0.1, 0.15) is 5.60 Å².